The Morgan fingerprint density at radius 3 is 2.65 bits per heavy atom. The Balaban J connectivity index is 2.93. The molecule has 4 heteroatoms. The third kappa shape index (κ3) is 4.37. The van der Waals surface area contributed by atoms with Gasteiger partial charge in [-0.15, -0.1) is 0 Å². The number of nitrogens with one attached hydrogen (secondary N) is 1. The maximum atomic E-state index is 6.38. The molecule has 0 aliphatic carbocycles. The highest BCUT2D eigenvalue weighted by Crippen LogP contribution is 2.32. The van der Waals surface area contributed by atoms with Crippen LogP contribution in [0.4, 0.5) is 5.69 Å². The predicted octanol–water partition coefficient (Wildman–Crippen LogP) is 3.70. The lowest BCUT2D eigenvalue weighted by Gasteiger charge is -2.38. The number of ether oxygens (including phenoxy) is 1. The van der Waals surface area contributed by atoms with E-state index in [4.69, 9.17) is 16.3 Å². The van der Waals surface area contributed by atoms with Crippen LogP contribution >= 0.6 is 11.6 Å². The zero-order valence-electron chi connectivity index (χ0n) is 13.3. The fraction of sp³-hybridized carbons (Fsp3) is 0.625. The van der Waals surface area contributed by atoms with Crippen molar-refractivity contribution in [2.45, 2.75) is 39.3 Å². The Morgan fingerprint density at radius 2 is 2.05 bits per heavy atom. The summed E-state index contributed by atoms with van der Waals surface area (Å²) in [5, 5.41) is 4.18. The lowest BCUT2D eigenvalue weighted by Crippen LogP contribution is -2.41. The lowest BCUT2D eigenvalue weighted by atomic mass is 9.98. The van der Waals surface area contributed by atoms with E-state index in [2.05, 4.69) is 44.1 Å². The second-order valence-corrected chi connectivity index (χ2v) is 6.04. The molecular formula is C16H27ClN2O. The molecule has 1 aromatic carbocycles. The quantitative estimate of drug-likeness (QED) is 0.741. The highest BCUT2D eigenvalue weighted by Gasteiger charge is 2.23. The van der Waals surface area contributed by atoms with Crippen molar-refractivity contribution in [3.8, 4) is 0 Å². The molecule has 1 rings (SSSR count). The largest absolute Gasteiger partial charge is 0.383 e. The van der Waals surface area contributed by atoms with E-state index in [0.29, 0.717) is 6.61 Å². The van der Waals surface area contributed by atoms with Gasteiger partial charge in [0.25, 0.3) is 0 Å². The molecule has 0 amide bonds. The number of hydrogen-bond donors (Lipinski definition) is 1. The summed E-state index contributed by atoms with van der Waals surface area (Å²) in [6.07, 6.45) is 1.08. The molecule has 3 nitrogen and oxygen atoms in total. The third-order valence-electron chi connectivity index (χ3n) is 4.01. The minimum Gasteiger partial charge on any atom is -0.383 e. The van der Waals surface area contributed by atoms with Gasteiger partial charge in [0.15, 0.2) is 0 Å². The van der Waals surface area contributed by atoms with Crippen LogP contribution in [0.25, 0.3) is 0 Å². The van der Waals surface area contributed by atoms with Crippen molar-refractivity contribution in [2.75, 3.05) is 32.2 Å². The van der Waals surface area contributed by atoms with E-state index < -0.39 is 0 Å². The first-order valence-electron chi connectivity index (χ1n) is 7.15. The van der Waals surface area contributed by atoms with Gasteiger partial charge in [-0.3, -0.25) is 0 Å². The number of methoxy groups -OCH3 is 1. The SMILES string of the molecule is CCC(C)(C)N(C)c1cccc(Cl)c1CNCCOC. The van der Waals surface area contributed by atoms with Gasteiger partial charge >= 0.3 is 0 Å². The number of benzene rings is 1. The van der Waals surface area contributed by atoms with Crippen molar-refractivity contribution in [1.29, 1.82) is 0 Å². The van der Waals surface area contributed by atoms with Crippen molar-refractivity contribution in [2.24, 2.45) is 0 Å². The van der Waals surface area contributed by atoms with Crippen LogP contribution in [0.2, 0.25) is 5.02 Å². The smallest absolute Gasteiger partial charge is 0.0587 e. The van der Waals surface area contributed by atoms with Gasteiger partial charge in [-0.25, -0.2) is 0 Å². The summed E-state index contributed by atoms with van der Waals surface area (Å²) in [5.41, 5.74) is 2.44. The van der Waals surface area contributed by atoms with E-state index in [1.54, 1.807) is 7.11 Å². The van der Waals surface area contributed by atoms with Crippen LogP contribution < -0.4 is 10.2 Å². The minimum atomic E-state index is 0.103. The second-order valence-electron chi connectivity index (χ2n) is 5.63. The molecule has 0 aliphatic heterocycles. The average Bonchev–Trinajstić information content (AvgIpc) is 2.44. The number of anilines is 1. The standard InChI is InChI=1S/C16H27ClN2O/c1-6-16(2,3)19(4)15-9-7-8-14(17)13(15)12-18-10-11-20-5/h7-9,18H,6,10-12H2,1-5H3. The molecule has 0 saturated heterocycles. The van der Waals surface area contributed by atoms with Crippen LogP contribution in [0.15, 0.2) is 18.2 Å². The molecule has 0 aliphatic rings. The Bertz CT molecular complexity index is 421. The normalized spacial score (nSPS) is 11.7. The Labute approximate surface area is 128 Å². The molecule has 114 valence electrons. The molecule has 0 atom stereocenters. The van der Waals surface area contributed by atoms with E-state index in [9.17, 15) is 0 Å². The average molecular weight is 299 g/mol. The molecule has 0 bridgehead atoms. The maximum Gasteiger partial charge on any atom is 0.0587 e. The van der Waals surface area contributed by atoms with Crippen LogP contribution in [0.5, 0.6) is 0 Å². The summed E-state index contributed by atoms with van der Waals surface area (Å²) in [6, 6.07) is 6.10. The summed E-state index contributed by atoms with van der Waals surface area (Å²) in [6.45, 7) is 8.98. The number of hydrogen-bond acceptors (Lipinski definition) is 3. The molecule has 0 saturated carbocycles. The lowest BCUT2D eigenvalue weighted by molar-refractivity contribution is 0.199. The van der Waals surface area contributed by atoms with Crippen molar-refractivity contribution < 1.29 is 4.74 Å². The fourth-order valence-corrected chi connectivity index (χ4v) is 2.22. The van der Waals surface area contributed by atoms with Gasteiger partial charge < -0.3 is 15.0 Å². The summed E-state index contributed by atoms with van der Waals surface area (Å²) >= 11 is 6.38. The highest BCUT2D eigenvalue weighted by molar-refractivity contribution is 6.31. The number of halogens is 1. The maximum absolute atomic E-state index is 6.38. The summed E-state index contributed by atoms with van der Waals surface area (Å²) < 4.78 is 5.05. The molecule has 0 aromatic heterocycles. The molecule has 0 spiro atoms. The fourth-order valence-electron chi connectivity index (χ4n) is 1.99. The molecule has 20 heavy (non-hydrogen) atoms. The summed E-state index contributed by atoms with van der Waals surface area (Å²) in [7, 11) is 3.84. The molecule has 1 aromatic rings. The van der Waals surface area contributed by atoms with Crippen LogP contribution in [0.1, 0.15) is 32.8 Å². The second kappa shape index (κ2) is 7.87. The van der Waals surface area contributed by atoms with E-state index >= 15 is 0 Å². The van der Waals surface area contributed by atoms with Gasteiger partial charge in [0, 0.05) is 49.1 Å². The van der Waals surface area contributed by atoms with E-state index in [1.165, 1.54) is 5.69 Å². The van der Waals surface area contributed by atoms with Crippen molar-refractivity contribution in [1.82, 2.24) is 5.32 Å². The van der Waals surface area contributed by atoms with Crippen LogP contribution in [-0.4, -0.2) is 32.8 Å². The summed E-state index contributed by atoms with van der Waals surface area (Å²) in [5.74, 6) is 0. The van der Waals surface area contributed by atoms with E-state index in [1.807, 2.05) is 12.1 Å². The van der Waals surface area contributed by atoms with Crippen molar-refractivity contribution >= 4 is 17.3 Å². The number of nitrogens with zero attached hydrogens (tertiary/aromatic N) is 1. The third-order valence-corrected chi connectivity index (χ3v) is 4.37. The Kier molecular flexibility index (Phi) is 6.80. The first-order valence-corrected chi connectivity index (χ1v) is 7.52. The monoisotopic (exact) mass is 298 g/mol. The molecule has 0 radical (unpaired) electrons. The molecular weight excluding hydrogens is 272 g/mol. The van der Waals surface area contributed by atoms with Gasteiger partial charge in [-0.1, -0.05) is 24.6 Å². The first-order chi connectivity index (χ1) is 9.44. The van der Waals surface area contributed by atoms with Gasteiger partial charge in [0.1, 0.15) is 0 Å². The van der Waals surface area contributed by atoms with Crippen LogP contribution in [-0.2, 0) is 11.3 Å². The Morgan fingerprint density at radius 1 is 1.35 bits per heavy atom. The van der Waals surface area contributed by atoms with Crippen molar-refractivity contribution in [3.63, 3.8) is 0 Å². The molecule has 1 N–H and O–H groups in total. The van der Waals surface area contributed by atoms with Gasteiger partial charge in [-0.05, 0) is 32.4 Å². The van der Waals surface area contributed by atoms with E-state index in [-0.39, 0.29) is 5.54 Å². The van der Waals surface area contributed by atoms with E-state index in [0.717, 1.165) is 30.1 Å². The Hall–Kier alpha value is -0.770. The topological polar surface area (TPSA) is 24.5 Å². The zero-order valence-corrected chi connectivity index (χ0v) is 14.0. The van der Waals surface area contributed by atoms with Gasteiger partial charge in [-0.2, -0.15) is 0 Å². The summed E-state index contributed by atoms with van der Waals surface area (Å²) in [4.78, 5) is 2.31. The number of rotatable bonds is 8. The highest BCUT2D eigenvalue weighted by atomic mass is 35.5. The molecule has 0 heterocycles. The van der Waals surface area contributed by atoms with Crippen molar-refractivity contribution in [3.05, 3.63) is 28.8 Å². The molecule has 0 fully saturated rings. The van der Waals surface area contributed by atoms with Crippen LogP contribution in [0.3, 0.4) is 0 Å². The minimum absolute atomic E-state index is 0.103. The van der Waals surface area contributed by atoms with Crippen LogP contribution in [0, 0.1) is 0 Å². The van der Waals surface area contributed by atoms with Gasteiger partial charge in [0.05, 0.1) is 6.61 Å². The van der Waals surface area contributed by atoms with Gasteiger partial charge in [0.2, 0.25) is 0 Å². The molecule has 0 unspecified atom stereocenters. The zero-order chi connectivity index (χ0) is 15.2. The first kappa shape index (κ1) is 17.3. The predicted molar refractivity (Wildman–Crippen MR) is 87.8 cm³/mol.